The van der Waals surface area contributed by atoms with Crippen molar-refractivity contribution in [2.75, 3.05) is 13.2 Å². The molecule has 0 saturated carbocycles. The molecule has 1 aliphatic rings. The van der Waals surface area contributed by atoms with E-state index >= 15 is 0 Å². The normalized spacial score (nSPS) is 12.9. The first-order valence-corrected chi connectivity index (χ1v) is 11.0. The lowest BCUT2D eigenvalue weighted by atomic mass is 9.86. The molecule has 0 radical (unpaired) electrons. The molecule has 0 bridgehead atoms. The summed E-state index contributed by atoms with van der Waals surface area (Å²) < 4.78 is 11.2. The quantitative estimate of drug-likeness (QED) is 0.532. The van der Waals surface area contributed by atoms with Crippen LogP contribution in [0.1, 0.15) is 61.3 Å². The molecule has 0 saturated heterocycles. The Morgan fingerprint density at radius 2 is 1.79 bits per heavy atom. The molecule has 0 atom stereocenters. The zero-order valence-electron chi connectivity index (χ0n) is 17.5. The van der Waals surface area contributed by atoms with Crippen molar-refractivity contribution < 1.29 is 14.3 Å². The Balaban J connectivity index is 1.40. The fraction of sp³-hybridized carbons (Fsp3) is 0.480. The van der Waals surface area contributed by atoms with E-state index in [1.165, 1.54) is 29.5 Å². The number of fused-ring (bicyclic) bond motifs is 1. The molecular weight excluding hydrogens is 362 g/mol. The molecule has 1 N–H and O–H groups in total. The predicted molar refractivity (Wildman–Crippen MR) is 116 cm³/mol. The van der Waals surface area contributed by atoms with Gasteiger partial charge in [0.25, 0.3) is 0 Å². The topological polar surface area (TPSA) is 47.6 Å². The maximum absolute atomic E-state index is 11.8. The Labute approximate surface area is 174 Å². The number of rotatable bonds is 10. The molecule has 0 unspecified atom stereocenters. The van der Waals surface area contributed by atoms with Gasteiger partial charge in [-0.15, -0.1) is 0 Å². The van der Waals surface area contributed by atoms with Crippen molar-refractivity contribution >= 4 is 6.09 Å². The molecule has 0 aromatic heterocycles. The second kappa shape index (κ2) is 11.5. The summed E-state index contributed by atoms with van der Waals surface area (Å²) in [4.78, 5) is 11.8. The highest BCUT2D eigenvalue weighted by molar-refractivity contribution is 5.67. The second-order valence-corrected chi connectivity index (χ2v) is 7.68. The minimum atomic E-state index is -0.344. The monoisotopic (exact) mass is 395 g/mol. The smallest absolute Gasteiger partial charge is 0.407 e. The molecule has 156 valence electrons. The fourth-order valence-electron chi connectivity index (χ4n) is 3.90. The number of aryl methyl sites for hydroxylation is 1. The van der Waals surface area contributed by atoms with Crippen LogP contribution in [0.3, 0.4) is 0 Å². The average molecular weight is 396 g/mol. The second-order valence-electron chi connectivity index (χ2n) is 7.68. The molecule has 2 aromatic rings. The van der Waals surface area contributed by atoms with Gasteiger partial charge >= 0.3 is 6.09 Å². The number of hydrogen-bond donors (Lipinski definition) is 1. The zero-order chi connectivity index (χ0) is 20.3. The van der Waals surface area contributed by atoms with Crippen LogP contribution >= 0.6 is 0 Å². The van der Waals surface area contributed by atoms with Crippen LogP contribution in [0, 0.1) is 0 Å². The van der Waals surface area contributed by atoms with Crippen molar-refractivity contribution in [3.63, 3.8) is 0 Å². The summed E-state index contributed by atoms with van der Waals surface area (Å²) in [6.07, 6.45) is 8.58. The molecule has 3 rings (SSSR count). The van der Waals surface area contributed by atoms with Gasteiger partial charge in [0.05, 0.1) is 6.61 Å². The van der Waals surface area contributed by atoms with E-state index in [-0.39, 0.29) is 6.09 Å². The minimum absolute atomic E-state index is 0.311. The summed E-state index contributed by atoms with van der Waals surface area (Å²) in [6.45, 7) is 3.89. The number of alkyl carbamates (subject to hydrolysis) is 1. The summed E-state index contributed by atoms with van der Waals surface area (Å²) in [5.74, 6) is 1.09. The summed E-state index contributed by atoms with van der Waals surface area (Å²) in [5.41, 5.74) is 5.40. The van der Waals surface area contributed by atoms with Crippen molar-refractivity contribution in [1.29, 1.82) is 0 Å². The zero-order valence-corrected chi connectivity index (χ0v) is 17.5. The number of nitrogens with one attached hydrogen (secondary N) is 1. The van der Waals surface area contributed by atoms with E-state index < -0.39 is 0 Å². The van der Waals surface area contributed by atoms with E-state index in [0.29, 0.717) is 13.2 Å². The molecule has 2 aromatic carbocycles. The van der Waals surface area contributed by atoms with Gasteiger partial charge in [0.1, 0.15) is 12.4 Å². The summed E-state index contributed by atoms with van der Waals surface area (Å²) in [7, 11) is 0. The summed E-state index contributed by atoms with van der Waals surface area (Å²) >= 11 is 0. The van der Waals surface area contributed by atoms with Crippen LogP contribution in [-0.4, -0.2) is 19.2 Å². The van der Waals surface area contributed by atoms with Gasteiger partial charge < -0.3 is 14.8 Å². The first-order valence-electron chi connectivity index (χ1n) is 11.0. The van der Waals surface area contributed by atoms with Crippen molar-refractivity contribution in [2.45, 2.75) is 64.9 Å². The molecule has 0 heterocycles. The molecule has 4 nitrogen and oxygen atoms in total. The lowest BCUT2D eigenvalue weighted by Gasteiger charge is -2.23. The number of hydrogen-bond acceptors (Lipinski definition) is 3. The third-order valence-corrected chi connectivity index (χ3v) is 5.41. The first-order chi connectivity index (χ1) is 14.3. The Bertz CT molecular complexity index is 773. The summed E-state index contributed by atoms with van der Waals surface area (Å²) in [6, 6.07) is 14.1. The maximum Gasteiger partial charge on any atom is 0.407 e. The van der Waals surface area contributed by atoms with E-state index in [1.807, 2.05) is 30.3 Å². The third-order valence-electron chi connectivity index (χ3n) is 5.41. The standard InChI is InChI=1S/C25H33NO3/c1-2-18-28-24-16-15-21(22-13-6-7-14-23(22)24)12-8-9-17-26-25(27)29-19-20-10-4-3-5-11-20/h3-5,10-11,15-16H,2,6-9,12-14,17-19H2,1H3,(H,26,27). The average Bonchev–Trinajstić information content (AvgIpc) is 2.77. The van der Waals surface area contributed by atoms with Gasteiger partial charge in [-0.25, -0.2) is 4.79 Å². The molecule has 0 spiro atoms. The fourth-order valence-corrected chi connectivity index (χ4v) is 3.90. The van der Waals surface area contributed by atoms with Crippen LogP contribution in [0.5, 0.6) is 5.75 Å². The van der Waals surface area contributed by atoms with Gasteiger partial charge in [-0.1, -0.05) is 43.3 Å². The highest BCUT2D eigenvalue weighted by Gasteiger charge is 2.17. The molecule has 1 amide bonds. The Morgan fingerprint density at radius 1 is 1.00 bits per heavy atom. The highest BCUT2D eigenvalue weighted by Crippen LogP contribution is 2.33. The number of carbonyl (C=O) groups excluding carboxylic acids is 1. The Hall–Kier alpha value is -2.49. The van der Waals surface area contributed by atoms with Crippen LogP contribution in [-0.2, 0) is 30.6 Å². The number of ether oxygens (including phenoxy) is 2. The van der Waals surface area contributed by atoms with E-state index in [9.17, 15) is 4.79 Å². The SMILES string of the molecule is CCCOc1ccc(CCCCNC(=O)OCc2ccccc2)c2c1CCCC2. The molecule has 1 aliphatic carbocycles. The van der Waals surface area contributed by atoms with Crippen LogP contribution in [0.2, 0.25) is 0 Å². The predicted octanol–water partition coefficient (Wildman–Crippen LogP) is 5.60. The van der Waals surface area contributed by atoms with Gasteiger partial charge in [-0.3, -0.25) is 0 Å². The highest BCUT2D eigenvalue weighted by atomic mass is 16.5. The van der Waals surface area contributed by atoms with E-state index in [2.05, 4.69) is 24.4 Å². The number of amides is 1. The van der Waals surface area contributed by atoms with E-state index in [1.54, 1.807) is 0 Å². The third kappa shape index (κ3) is 6.52. The van der Waals surface area contributed by atoms with Crippen molar-refractivity contribution in [1.82, 2.24) is 5.32 Å². The largest absolute Gasteiger partial charge is 0.493 e. The van der Waals surface area contributed by atoms with E-state index in [0.717, 1.165) is 56.4 Å². The number of carbonyl (C=O) groups is 1. The molecule has 29 heavy (non-hydrogen) atoms. The van der Waals surface area contributed by atoms with Crippen molar-refractivity contribution in [2.24, 2.45) is 0 Å². The lowest BCUT2D eigenvalue weighted by molar-refractivity contribution is 0.139. The Morgan fingerprint density at radius 3 is 2.59 bits per heavy atom. The lowest BCUT2D eigenvalue weighted by Crippen LogP contribution is -2.25. The van der Waals surface area contributed by atoms with Crippen LogP contribution in [0.4, 0.5) is 4.79 Å². The first kappa shape index (κ1) is 21.2. The molecule has 0 fully saturated rings. The Kier molecular flexibility index (Phi) is 8.41. The van der Waals surface area contributed by atoms with E-state index in [4.69, 9.17) is 9.47 Å². The van der Waals surface area contributed by atoms with Crippen molar-refractivity contribution in [3.8, 4) is 5.75 Å². The molecular formula is C25H33NO3. The van der Waals surface area contributed by atoms with Gasteiger partial charge in [0.2, 0.25) is 0 Å². The molecule has 0 aliphatic heterocycles. The van der Waals surface area contributed by atoms with Gasteiger partial charge in [0.15, 0.2) is 0 Å². The minimum Gasteiger partial charge on any atom is -0.493 e. The van der Waals surface area contributed by atoms with Crippen LogP contribution in [0.15, 0.2) is 42.5 Å². The number of benzene rings is 2. The van der Waals surface area contributed by atoms with Crippen LogP contribution in [0.25, 0.3) is 0 Å². The maximum atomic E-state index is 11.8. The van der Waals surface area contributed by atoms with Gasteiger partial charge in [-0.05, 0) is 79.7 Å². The van der Waals surface area contributed by atoms with Crippen molar-refractivity contribution in [3.05, 3.63) is 64.7 Å². The van der Waals surface area contributed by atoms with Crippen LogP contribution < -0.4 is 10.1 Å². The van der Waals surface area contributed by atoms with Gasteiger partial charge in [-0.2, -0.15) is 0 Å². The summed E-state index contributed by atoms with van der Waals surface area (Å²) in [5, 5.41) is 2.85. The molecule has 4 heteroatoms. The number of unbranched alkanes of at least 4 members (excludes halogenated alkanes) is 1. The van der Waals surface area contributed by atoms with Gasteiger partial charge in [0, 0.05) is 6.54 Å².